The second-order valence-corrected chi connectivity index (χ2v) is 14.1. The van der Waals surface area contributed by atoms with Crippen molar-refractivity contribution in [2.45, 2.75) is 0 Å². The van der Waals surface area contributed by atoms with E-state index in [1.54, 1.807) is 0 Å². The summed E-state index contributed by atoms with van der Waals surface area (Å²) in [5.74, 6) is 0. The molecule has 0 saturated carbocycles. The number of nitrogens with zero attached hydrogens (tertiary/aromatic N) is 2. The first kappa shape index (κ1) is 20.3. The summed E-state index contributed by atoms with van der Waals surface area (Å²) in [5, 5.41) is 2.14. The topological polar surface area (TPSA) is 24.9 Å². The molecule has 0 radical (unpaired) electrons. The average Bonchev–Trinajstić information content (AvgIpc) is 2.68. The number of likely N-dealkylation sites (N-methyl/N-ethyl adjacent to an activating group) is 2. The zero-order valence-electron chi connectivity index (χ0n) is 15.0. The summed E-state index contributed by atoms with van der Waals surface area (Å²) in [6, 6.07) is 20.3. The molecule has 0 N–H and O–H groups in total. The molecule has 2 aromatic rings. The maximum Gasteiger partial charge on any atom is 0.161 e. The molecule has 1 aliphatic heterocycles. The normalized spacial score (nSPS) is 29.3. The quantitative estimate of drug-likeness (QED) is 0.685. The molecule has 0 amide bonds. The Labute approximate surface area is 166 Å². The molecule has 2 aromatic carbocycles. The van der Waals surface area contributed by atoms with Gasteiger partial charge in [-0.3, -0.25) is 9.34 Å². The van der Waals surface area contributed by atoms with Crippen LogP contribution in [0.15, 0.2) is 60.7 Å². The maximum atomic E-state index is 6.33. The highest BCUT2D eigenvalue weighted by Gasteiger charge is 2.31. The van der Waals surface area contributed by atoms with Crippen LogP contribution >= 0.6 is 12.8 Å². The molecule has 1 heterocycles. The summed E-state index contributed by atoms with van der Waals surface area (Å²) in [6.07, 6.45) is -4.55. The lowest BCUT2D eigenvalue weighted by Crippen LogP contribution is -2.33. The fraction of sp³-hybridized carbons (Fsp3) is 0.333. The van der Waals surface area contributed by atoms with E-state index in [0.29, 0.717) is 26.3 Å². The third-order valence-electron chi connectivity index (χ3n) is 4.43. The van der Waals surface area contributed by atoms with Gasteiger partial charge in [-0.05, 0) is 37.7 Å². The first-order valence-electron chi connectivity index (χ1n) is 8.50. The molecule has 0 bridgehead atoms. The van der Waals surface area contributed by atoms with E-state index in [1.165, 1.54) is 0 Å². The standard InChI is InChI=1S/C18H24N2O2P2S2/c1-19-13-15-22-24(26,18-11-7-4-8-12-18)20(2)14-16-21-23(19,25)17-9-5-3-6-10-17/h3-12H,13-16H2,1-2H3. The third kappa shape index (κ3) is 4.19. The molecule has 1 saturated heterocycles. The van der Waals surface area contributed by atoms with E-state index < -0.39 is 12.8 Å². The highest BCUT2D eigenvalue weighted by Crippen LogP contribution is 2.52. The zero-order valence-corrected chi connectivity index (χ0v) is 18.4. The van der Waals surface area contributed by atoms with Gasteiger partial charge in [0.25, 0.3) is 0 Å². The Kier molecular flexibility index (Phi) is 6.82. The molecule has 2 atom stereocenters. The molecule has 0 spiro atoms. The minimum absolute atomic E-state index is 0.529. The predicted octanol–water partition coefficient (Wildman–Crippen LogP) is 3.17. The van der Waals surface area contributed by atoms with Crippen molar-refractivity contribution in [2.24, 2.45) is 0 Å². The first-order valence-corrected chi connectivity index (χ1v) is 13.8. The van der Waals surface area contributed by atoms with Gasteiger partial charge < -0.3 is 9.05 Å². The summed E-state index contributed by atoms with van der Waals surface area (Å²) < 4.78 is 16.9. The molecule has 140 valence electrons. The number of rotatable bonds is 2. The van der Waals surface area contributed by atoms with Crippen LogP contribution < -0.4 is 10.6 Å². The predicted molar refractivity (Wildman–Crippen MR) is 118 cm³/mol. The fourth-order valence-corrected chi connectivity index (χ4v) is 8.42. The van der Waals surface area contributed by atoms with Crippen molar-refractivity contribution in [3.63, 3.8) is 0 Å². The Hall–Kier alpha value is -0.420. The average molecular weight is 426 g/mol. The summed E-state index contributed by atoms with van der Waals surface area (Å²) in [6.45, 7) is 2.43. The first-order chi connectivity index (χ1) is 12.5. The minimum Gasteiger partial charge on any atom is -0.333 e. The Morgan fingerprint density at radius 1 is 0.692 bits per heavy atom. The van der Waals surface area contributed by atoms with E-state index in [-0.39, 0.29) is 0 Å². The van der Waals surface area contributed by atoms with Gasteiger partial charge in [0, 0.05) is 23.7 Å². The van der Waals surface area contributed by atoms with Crippen molar-refractivity contribution < 1.29 is 9.05 Å². The lowest BCUT2D eigenvalue weighted by molar-refractivity contribution is 0.242. The largest absolute Gasteiger partial charge is 0.333 e. The third-order valence-corrected chi connectivity index (χ3v) is 13.2. The molecular formula is C18H24N2O2P2S2. The smallest absolute Gasteiger partial charge is 0.161 e. The molecule has 26 heavy (non-hydrogen) atoms. The van der Waals surface area contributed by atoms with E-state index in [9.17, 15) is 0 Å². The van der Waals surface area contributed by atoms with Crippen LogP contribution in [0, 0.1) is 0 Å². The van der Waals surface area contributed by atoms with Crippen LogP contribution in [-0.2, 0) is 32.7 Å². The van der Waals surface area contributed by atoms with Gasteiger partial charge in [-0.15, -0.1) is 0 Å². The molecule has 3 rings (SSSR count). The molecule has 0 aromatic heterocycles. The summed E-state index contributed by atoms with van der Waals surface area (Å²) >= 11 is 12.0. The molecule has 1 aliphatic rings. The van der Waals surface area contributed by atoms with Gasteiger partial charge in [0.2, 0.25) is 0 Å². The molecule has 0 aliphatic carbocycles. The van der Waals surface area contributed by atoms with Gasteiger partial charge in [0.05, 0.1) is 13.2 Å². The van der Waals surface area contributed by atoms with Crippen molar-refractivity contribution in [1.82, 2.24) is 9.34 Å². The van der Waals surface area contributed by atoms with Gasteiger partial charge in [0.15, 0.2) is 12.8 Å². The Balaban J connectivity index is 1.85. The SMILES string of the molecule is CN1CCOP(=S)(c2ccccc2)N(C)CCOP1(=S)c1ccccc1. The van der Waals surface area contributed by atoms with Crippen molar-refractivity contribution in [3.05, 3.63) is 60.7 Å². The summed E-state index contributed by atoms with van der Waals surface area (Å²) in [4.78, 5) is 0. The number of hydrogen-bond acceptors (Lipinski definition) is 4. The van der Waals surface area contributed by atoms with Gasteiger partial charge in [-0.1, -0.05) is 60.7 Å². The van der Waals surface area contributed by atoms with Gasteiger partial charge in [-0.25, -0.2) is 0 Å². The van der Waals surface area contributed by atoms with Crippen LogP contribution in [0.4, 0.5) is 0 Å². The van der Waals surface area contributed by atoms with Crippen LogP contribution in [0.2, 0.25) is 0 Å². The number of benzene rings is 2. The van der Waals surface area contributed by atoms with Crippen LogP contribution in [0.1, 0.15) is 0 Å². The van der Waals surface area contributed by atoms with Gasteiger partial charge in [-0.2, -0.15) is 0 Å². The van der Waals surface area contributed by atoms with Crippen LogP contribution in [-0.4, -0.2) is 49.7 Å². The summed E-state index contributed by atoms with van der Waals surface area (Å²) in [5.41, 5.74) is 0. The van der Waals surface area contributed by atoms with Crippen LogP contribution in [0.5, 0.6) is 0 Å². The van der Waals surface area contributed by atoms with Gasteiger partial charge >= 0.3 is 0 Å². The monoisotopic (exact) mass is 426 g/mol. The van der Waals surface area contributed by atoms with E-state index >= 15 is 0 Å². The van der Waals surface area contributed by atoms with Crippen LogP contribution in [0.3, 0.4) is 0 Å². The van der Waals surface area contributed by atoms with Crippen LogP contribution in [0.25, 0.3) is 0 Å². The van der Waals surface area contributed by atoms with Crippen molar-refractivity contribution in [2.75, 3.05) is 40.4 Å². The molecule has 4 nitrogen and oxygen atoms in total. The van der Waals surface area contributed by atoms with E-state index in [4.69, 9.17) is 32.7 Å². The Bertz CT molecular complexity index is 751. The molecule has 1 fully saturated rings. The van der Waals surface area contributed by atoms with Crippen molar-refractivity contribution >= 4 is 47.1 Å². The molecule has 8 heteroatoms. The second-order valence-electron chi connectivity index (χ2n) is 6.14. The Morgan fingerprint density at radius 2 is 1.04 bits per heavy atom. The fourth-order valence-electron chi connectivity index (χ4n) is 2.83. The van der Waals surface area contributed by atoms with E-state index in [1.807, 2.05) is 50.5 Å². The maximum absolute atomic E-state index is 6.33. The van der Waals surface area contributed by atoms with E-state index in [0.717, 1.165) is 10.6 Å². The highest BCUT2D eigenvalue weighted by atomic mass is 32.5. The minimum atomic E-state index is -2.28. The van der Waals surface area contributed by atoms with E-state index in [2.05, 4.69) is 33.6 Å². The van der Waals surface area contributed by atoms with Crippen molar-refractivity contribution in [3.8, 4) is 0 Å². The van der Waals surface area contributed by atoms with Gasteiger partial charge in [0.1, 0.15) is 0 Å². The number of hydrogen-bond donors (Lipinski definition) is 0. The summed E-state index contributed by atoms with van der Waals surface area (Å²) in [7, 11) is 4.04. The molecule has 2 unspecified atom stereocenters. The highest BCUT2D eigenvalue weighted by molar-refractivity contribution is 8.15. The molecular weight excluding hydrogens is 402 g/mol. The lowest BCUT2D eigenvalue weighted by Gasteiger charge is -2.37. The Morgan fingerprint density at radius 3 is 1.38 bits per heavy atom. The second kappa shape index (κ2) is 8.72. The lowest BCUT2D eigenvalue weighted by atomic mass is 10.4. The van der Waals surface area contributed by atoms with Crippen molar-refractivity contribution in [1.29, 1.82) is 0 Å². The zero-order chi connectivity index (χ0) is 18.6.